The smallest absolute Gasteiger partial charge is 0.238 e. The summed E-state index contributed by atoms with van der Waals surface area (Å²) in [7, 11) is -3.64. The number of hydrogen-bond donors (Lipinski definition) is 1. The summed E-state index contributed by atoms with van der Waals surface area (Å²) in [5, 5.41) is 5.02. The minimum Gasteiger partial charge on any atom is -0.256 e. The lowest BCUT2D eigenvalue weighted by Gasteiger charge is -1.99. The topological polar surface area (TPSA) is 72.5 Å². The van der Waals surface area contributed by atoms with Crippen molar-refractivity contribution in [3.8, 4) is 0 Å². The molecule has 0 amide bonds. The summed E-state index contributed by atoms with van der Waals surface area (Å²) in [4.78, 5) is 4.37. The van der Waals surface area contributed by atoms with Gasteiger partial charge in [-0.05, 0) is 36.8 Å². The standard InChI is InChI=1S/C14H14N2O2S/c1-11-3-2-4-12(9-11)10-16-13-5-7-14(8-6-13)19(15,17)18/h2-10H,1H3,(H2,15,17,18). The van der Waals surface area contributed by atoms with Gasteiger partial charge in [0.2, 0.25) is 10.0 Å². The van der Waals surface area contributed by atoms with E-state index >= 15 is 0 Å². The molecule has 19 heavy (non-hydrogen) atoms. The van der Waals surface area contributed by atoms with E-state index in [4.69, 9.17) is 5.14 Å². The first-order valence-corrected chi connectivity index (χ1v) is 7.23. The largest absolute Gasteiger partial charge is 0.256 e. The zero-order valence-electron chi connectivity index (χ0n) is 10.4. The molecule has 2 aromatic carbocycles. The number of nitrogens with zero attached hydrogens (tertiary/aromatic N) is 1. The van der Waals surface area contributed by atoms with Gasteiger partial charge in [0, 0.05) is 6.21 Å². The van der Waals surface area contributed by atoms with Crippen LogP contribution in [0.4, 0.5) is 5.69 Å². The van der Waals surface area contributed by atoms with Gasteiger partial charge in [-0.1, -0.05) is 29.8 Å². The third kappa shape index (κ3) is 3.74. The van der Waals surface area contributed by atoms with E-state index in [9.17, 15) is 8.42 Å². The van der Waals surface area contributed by atoms with Gasteiger partial charge in [-0.3, -0.25) is 4.99 Å². The van der Waals surface area contributed by atoms with Gasteiger partial charge in [-0.2, -0.15) is 0 Å². The van der Waals surface area contributed by atoms with Crippen LogP contribution in [0.15, 0.2) is 58.4 Å². The second-order valence-corrected chi connectivity index (χ2v) is 5.77. The first kappa shape index (κ1) is 13.5. The molecule has 0 aliphatic heterocycles. The SMILES string of the molecule is Cc1cccc(C=Nc2ccc(S(N)(=O)=O)cc2)c1. The second kappa shape index (κ2) is 5.34. The van der Waals surface area contributed by atoms with E-state index in [-0.39, 0.29) is 4.90 Å². The molecule has 0 unspecified atom stereocenters. The van der Waals surface area contributed by atoms with Crippen LogP contribution in [-0.2, 0) is 10.0 Å². The average molecular weight is 274 g/mol. The van der Waals surface area contributed by atoms with E-state index in [1.807, 2.05) is 31.2 Å². The van der Waals surface area contributed by atoms with Crippen molar-refractivity contribution < 1.29 is 8.42 Å². The number of rotatable bonds is 3. The van der Waals surface area contributed by atoms with E-state index in [0.29, 0.717) is 5.69 Å². The fourth-order valence-corrected chi connectivity index (χ4v) is 2.14. The Kier molecular flexibility index (Phi) is 3.78. The van der Waals surface area contributed by atoms with Gasteiger partial charge in [0.05, 0.1) is 10.6 Å². The molecule has 0 aliphatic rings. The predicted molar refractivity (Wildman–Crippen MR) is 76.2 cm³/mol. The molecule has 0 saturated carbocycles. The summed E-state index contributed by atoms with van der Waals surface area (Å²) in [6.45, 7) is 2.01. The minimum atomic E-state index is -3.64. The van der Waals surface area contributed by atoms with Crippen LogP contribution in [0.25, 0.3) is 0 Å². The molecule has 0 saturated heterocycles. The first-order valence-electron chi connectivity index (χ1n) is 5.69. The van der Waals surface area contributed by atoms with Crippen molar-refractivity contribution in [3.05, 3.63) is 59.7 Å². The van der Waals surface area contributed by atoms with Crippen LogP contribution in [0, 0.1) is 6.92 Å². The lowest BCUT2D eigenvalue weighted by Crippen LogP contribution is -2.11. The molecule has 2 aromatic rings. The highest BCUT2D eigenvalue weighted by Crippen LogP contribution is 2.15. The summed E-state index contributed by atoms with van der Waals surface area (Å²) in [6.07, 6.45) is 1.74. The van der Waals surface area contributed by atoms with Gasteiger partial charge in [-0.15, -0.1) is 0 Å². The number of nitrogens with two attached hydrogens (primary N) is 1. The number of primary sulfonamides is 1. The normalized spacial score (nSPS) is 11.9. The summed E-state index contributed by atoms with van der Waals surface area (Å²) in [5.74, 6) is 0. The van der Waals surface area contributed by atoms with Crippen LogP contribution >= 0.6 is 0 Å². The molecule has 98 valence electrons. The Morgan fingerprint density at radius 3 is 2.37 bits per heavy atom. The Morgan fingerprint density at radius 1 is 1.11 bits per heavy atom. The molecule has 0 fully saturated rings. The lowest BCUT2D eigenvalue weighted by molar-refractivity contribution is 0.598. The fraction of sp³-hybridized carbons (Fsp3) is 0.0714. The van der Waals surface area contributed by atoms with Crippen LogP contribution < -0.4 is 5.14 Å². The summed E-state index contributed by atoms with van der Waals surface area (Å²) in [5.41, 5.74) is 2.83. The number of hydrogen-bond acceptors (Lipinski definition) is 3. The molecule has 4 nitrogen and oxygen atoms in total. The van der Waals surface area contributed by atoms with Crippen LogP contribution in [0.5, 0.6) is 0 Å². The molecule has 0 spiro atoms. The third-order valence-electron chi connectivity index (χ3n) is 2.57. The number of aryl methyl sites for hydroxylation is 1. The van der Waals surface area contributed by atoms with Gasteiger partial charge in [0.15, 0.2) is 0 Å². The Bertz CT molecular complexity index is 704. The summed E-state index contributed by atoms with van der Waals surface area (Å²) in [6, 6.07) is 14.1. The summed E-state index contributed by atoms with van der Waals surface area (Å²) < 4.78 is 22.2. The molecule has 0 aliphatic carbocycles. The molecule has 2 N–H and O–H groups in total. The molecule has 0 atom stereocenters. The van der Waals surface area contributed by atoms with E-state index in [1.54, 1.807) is 18.3 Å². The Labute approximate surface area is 112 Å². The van der Waals surface area contributed by atoms with Crippen molar-refractivity contribution in [2.45, 2.75) is 11.8 Å². The molecule has 0 bridgehead atoms. The van der Waals surface area contributed by atoms with Crippen LogP contribution in [0.3, 0.4) is 0 Å². The highest BCUT2D eigenvalue weighted by atomic mass is 32.2. The maximum Gasteiger partial charge on any atom is 0.238 e. The van der Waals surface area contributed by atoms with E-state index in [0.717, 1.165) is 11.1 Å². The van der Waals surface area contributed by atoms with Gasteiger partial charge < -0.3 is 0 Å². The first-order chi connectivity index (χ1) is 8.95. The molecular weight excluding hydrogens is 260 g/mol. The van der Waals surface area contributed by atoms with Crippen molar-refractivity contribution in [2.24, 2.45) is 10.1 Å². The average Bonchev–Trinajstić information content (AvgIpc) is 2.36. The Hall–Kier alpha value is -1.98. The molecule has 0 radical (unpaired) electrons. The lowest BCUT2D eigenvalue weighted by atomic mass is 10.1. The zero-order chi connectivity index (χ0) is 13.9. The predicted octanol–water partition coefficient (Wildman–Crippen LogP) is 2.39. The van der Waals surface area contributed by atoms with E-state index in [2.05, 4.69) is 4.99 Å². The molecule has 0 aromatic heterocycles. The Balaban J connectivity index is 2.20. The van der Waals surface area contributed by atoms with Crippen molar-refractivity contribution in [3.63, 3.8) is 0 Å². The van der Waals surface area contributed by atoms with Gasteiger partial charge >= 0.3 is 0 Å². The van der Waals surface area contributed by atoms with Crippen molar-refractivity contribution in [1.82, 2.24) is 0 Å². The van der Waals surface area contributed by atoms with Gasteiger partial charge in [0.25, 0.3) is 0 Å². The second-order valence-electron chi connectivity index (χ2n) is 4.21. The molecule has 2 rings (SSSR count). The van der Waals surface area contributed by atoms with Crippen LogP contribution in [0.2, 0.25) is 0 Å². The van der Waals surface area contributed by atoms with Gasteiger partial charge in [-0.25, -0.2) is 13.6 Å². The van der Waals surface area contributed by atoms with Crippen LogP contribution in [0.1, 0.15) is 11.1 Å². The number of benzene rings is 2. The van der Waals surface area contributed by atoms with Crippen LogP contribution in [-0.4, -0.2) is 14.6 Å². The summed E-state index contributed by atoms with van der Waals surface area (Å²) >= 11 is 0. The monoisotopic (exact) mass is 274 g/mol. The number of sulfonamides is 1. The number of aliphatic imine (C=N–C) groups is 1. The van der Waals surface area contributed by atoms with Crippen molar-refractivity contribution >= 4 is 21.9 Å². The maximum absolute atomic E-state index is 11.1. The van der Waals surface area contributed by atoms with Crippen molar-refractivity contribution in [1.29, 1.82) is 0 Å². The quantitative estimate of drug-likeness (QED) is 0.873. The molecular formula is C14H14N2O2S. The fourth-order valence-electron chi connectivity index (χ4n) is 1.62. The van der Waals surface area contributed by atoms with E-state index < -0.39 is 10.0 Å². The molecule has 0 heterocycles. The molecule has 5 heteroatoms. The Morgan fingerprint density at radius 2 is 1.79 bits per heavy atom. The maximum atomic E-state index is 11.1. The van der Waals surface area contributed by atoms with Crippen molar-refractivity contribution in [2.75, 3.05) is 0 Å². The van der Waals surface area contributed by atoms with Gasteiger partial charge in [0.1, 0.15) is 0 Å². The highest BCUT2D eigenvalue weighted by Gasteiger charge is 2.05. The van der Waals surface area contributed by atoms with E-state index in [1.165, 1.54) is 12.1 Å². The zero-order valence-corrected chi connectivity index (χ0v) is 11.3. The minimum absolute atomic E-state index is 0.0852. The third-order valence-corrected chi connectivity index (χ3v) is 3.50. The highest BCUT2D eigenvalue weighted by molar-refractivity contribution is 7.89.